The normalized spacial score (nSPS) is 12.4. The average Bonchev–Trinajstić information content (AvgIpc) is 2.21. The lowest BCUT2D eigenvalue weighted by atomic mass is 10.0. The van der Waals surface area contributed by atoms with Crippen molar-refractivity contribution in [1.29, 1.82) is 0 Å². The van der Waals surface area contributed by atoms with Gasteiger partial charge in [-0.25, -0.2) is 0 Å². The third kappa shape index (κ3) is 2.73. The molecule has 0 bridgehead atoms. The van der Waals surface area contributed by atoms with Crippen LogP contribution in [0.15, 0.2) is 29.3 Å². The van der Waals surface area contributed by atoms with E-state index in [0.717, 1.165) is 17.3 Å². The molecule has 0 amide bonds. The summed E-state index contributed by atoms with van der Waals surface area (Å²) in [4.78, 5) is 0. The molecule has 0 spiro atoms. The van der Waals surface area contributed by atoms with Crippen molar-refractivity contribution in [3.05, 3.63) is 34.8 Å². The number of phenolic OH excluding ortho intramolecular Hbond substituents is 1. The van der Waals surface area contributed by atoms with E-state index >= 15 is 0 Å². The molecule has 0 aliphatic heterocycles. The average molecular weight is 271 g/mol. The first-order chi connectivity index (χ1) is 7.07. The number of rotatable bonds is 4. The Kier molecular flexibility index (Phi) is 4.17. The van der Waals surface area contributed by atoms with E-state index in [1.807, 2.05) is 0 Å². The minimum Gasteiger partial charge on any atom is -0.505 e. The fourth-order valence-corrected chi connectivity index (χ4v) is 2.01. The van der Waals surface area contributed by atoms with E-state index in [2.05, 4.69) is 22.5 Å². The van der Waals surface area contributed by atoms with Crippen LogP contribution in [0.1, 0.15) is 24.4 Å². The molecule has 82 valence electrons. The predicted octanol–water partition coefficient (Wildman–Crippen LogP) is 2.70. The molecule has 1 rings (SSSR count). The number of allylic oxidation sites excluding steroid dienone is 1. The van der Waals surface area contributed by atoms with Crippen molar-refractivity contribution in [3.63, 3.8) is 0 Å². The van der Waals surface area contributed by atoms with Crippen molar-refractivity contribution in [3.8, 4) is 5.75 Å². The number of hydrogen-bond acceptors (Lipinski definition) is 3. The van der Waals surface area contributed by atoms with Gasteiger partial charge in [-0.3, -0.25) is 0 Å². The Bertz CT molecular complexity index is 366. The Morgan fingerprint density at radius 1 is 1.53 bits per heavy atom. The van der Waals surface area contributed by atoms with Crippen molar-refractivity contribution >= 4 is 21.6 Å². The lowest BCUT2D eigenvalue weighted by molar-refractivity contribution is 0.460. The number of phenols is 1. The molecular weight excluding hydrogens is 256 g/mol. The smallest absolute Gasteiger partial charge is 0.144 e. The highest BCUT2D eigenvalue weighted by molar-refractivity contribution is 9.10. The summed E-state index contributed by atoms with van der Waals surface area (Å²) in [6.45, 7) is 3.63. The van der Waals surface area contributed by atoms with Crippen LogP contribution in [-0.4, -0.2) is 5.11 Å². The van der Waals surface area contributed by atoms with Crippen molar-refractivity contribution in [1.82, 2.24) is 0 Å². The van der Waals surface area contributed by atoms with Gasteiger partial charge in [0.15, 0.2) is 0 Å². The lowest BCUT2D eigenvalue weighted by Crippen LogP contribution is -2.11. The SMILES string of the molecule is C=CCC[C@H](N)c1c(Br)ccc(N)c1O. The van der Waals surface area contributed by atoms with E-state index in [-0.39, 0.29) is 11.8 Å². The largest absolute Gasteiger partial charge is 0.505 e. The van der Waals surface area contributed by atoms with Crippen LogP contribution in [0.2, 0.25) is 0 Å². The number of nitrogens with two attached hydrogens (primary N) is 2. The van der Waals surface area contributed by atoms with Gasteiger partial charge in [0.1, 0.15) is 5.75 Å². The maximum atomic E-state index is 9.79. The van der Waals surface area contributed by atoms with Crippen molar-refractivity contribution in [2.24, 2.45) is 5.73 Å². The molecule has 5 N–H and O–H groups in total. The molecule has 0 unspecified atom stereocenters. The third-order valence-corrected chi connectivity index (χ3v) is 2.94. The minimum absolute atomic E-state index is 0.0703. The molecule has 0 aliphatic carbocycles. The molecule has 1 atom stereocenters. The van der Waals surface area contributed by atoms with Crippen LogP contribution in [0.4, 0.5) is 5.69 Å². The van der Waals surface area contributed by atoms with E-state index in [4.69, 9.17) is 11.5 Å². The van der Waals surface area contributed by atoms with Gasteiger partial charge >= 0.3 is 0 Å². The topological polar surface area (TPSA) is 72.3 Å². The fourth-order valence-electron chi connectivity index (χ4n) is 1.39. The third-order valence-electron chi connectivity index (χ3n) is 2.25. The molecule has 4 heteroatoms. The number of hydrogen-bond donors (Lipinski definition) is 3. The van der Waals surface area contributed by atoms with Gasteiger partial charge in [-0.05, 0) is 25.0 Å². The van der Waals surface area contributed by atoms with Crippen LogP contribution in [0.3, 0.4) is 0 Å². The first-order valence-electron chi connectivity index (χ1n) is 4.71. The summed E-state index contributed by atoms with van der Waals surface area (Å²) in [5.74, 6) is 0.0703. The number of aromatic hydroxyl groups is 1. The molecule has 0 saturated heterocycles. The van der Waals surface area contributed by atoms with Crippen molar-refractivity contribution in [2.75, 3.05) is 5.73 Å². The first-order valence-corrected chi connectivity index (χ1v) is 5.50. The van der Waals surface area contributed by atoms with Crippen molar-refractivity contribution in [2.45, 2.75) is 18.9 Å². The summed E-state index contributed by atoms with van der Waals surface area (Å²) in [5, 5.41) is 9.79. The van der Waals surface area contributed by atoms with Gasteiger partial charge in [0.2, 0.25) is 0 Å². The van der Waals surface area contributed by atoms with Crippen LogP contribution in [-0.2, 0) is 0 Å². The number of halogens is 1. The Morgan fingerprint density at radius 3 is 2.80 bits per heavy atom. The van der Waals surface area contributed by atoms with Gasteiger partial charge in [0.25, 0.3) is 0 Å². The van der Waals surface area contributed by atoms with Crippen LogP contribution < -0.4 is 11.5 Å². The van der Waals surface area contributed by atoms with E-state index in [1.165, 1.54) is 0 Å². The van der Waals surface area contributed by atoms with E-state index < -0.39 is 0 Å². The summed E-state index contributed by atoms with van der Waals surface area (Å²) in [6, 6.07) is 3.20. The molecule has 0 heterocycles. The molecule has 0 aromatic heterocycles. The van der Waals surface area contributed by atoms with E-state index in [1.54, 1.807) is 18.2 Å². The Balaban J connectivity index is 3.01. The van der Waals surface area contributed by atoms with Gasteiger partial charge in [-0.1, -0.05) is 22.0 Å². The highest BCUT2D eigenvalue weighted by Gasteiger charge is 2.15. The van der Waals surface area contributed by atoms with Crippen LogP contribution in [0.5, 0.6) is 5.75 Å². The standard InChI is InChI=1S/C11H15BrN2O/c1-2-3-4-8(13)10-7(12)5-6-9(14)11(10)15/h2,5-6,8,15H,1,3-4,13-14H2/t8-/m0/s1. The molecule has 1 aromatic carbocycles. The van der Waals surface area contributed by atoms with Gasteiger partial charge in [-0.15, -0.1) is 6.58 Å². The summed E-state index contributed by atoms with van der Waals surface area (Å²) in [7, 11) is 0. The molecule has 0 fully saturated rings. The summed E-state index contributed by atoms with van der Waals surface area (Å²) >= 11 is 3.35. The Morgan fingerprint density at radius 2 is 2.20 bits per heavy atom. The van der Waals surface area contributed by atoms with Crippen LogP contribution in [0, 0.1) is 0 Å². The number of benzene rings is 1. The van der Waals surface area contributed by atoms with Gasteiger partial charge in [-0.2, -0.15) is 0 Å². The monoisotopic (exact) mass is 270 g/mol. The second-order valence-corrected chi connectivity index (χ2v) is 4.23. The highest BCUT2D eigenvalue weighted by atomic mass is 79.9. The number of nitrogen functional groups attached to an aromatic ring is 1. The van der Waals surface area contributed by atoms with Gasteiger partial charge < -0.3 is 16.6 Å². The minimum atomic E-state index is -0.235. The molecule has 15 heavy (non-hydrogen) atoms. The van der Waals surface area contributed by atoms with Gasteiger partial charge in [0.05, 0.1) is 5.69 Å². The Hall–Kier alpha value is -1.00. The number of anilines is 1. The molecule has 3 nitrogen and oxygen atoms in total. The quantitative estimate of drug-likeness (QED) is 0.448. The summed E-state index contributed by atoms with van der Waals surface area (Å²) in [5.41, 5.74) is 12.6. The molecule has 0 saturated carbocycles. The maximum absolute atomic E-state index is 9.79. The highest BCUT2D eigenvalue weighted by Crippen LogP contribution is 2.36. The lowest BCUT2D eigenvalue weighted by Gasteiger charge is -2.15. The van der Waals surface area contributed by atoms with Crippen LogP contribution >= 0.6 is 15.9 Å². The fraction of sp³-hybridized carbons (Fsp3) is 0.273. The predicted molar refractivity (Wildman–Crippen MR) is 66.6 cm³/mol. The summed E-state index contributed by atoms with van der Waals surface area (Å²) in [6.07, 6.45) is 3.35. The van der Waals surface area contributed by atoms with Crippen LogP contribution in [0.25, 0.3) is 0 Å². The zero-order valence-corrected chi connectivity index (χ0v) is 10.00. The first kappa shape index (κ1) is 12.1. The molecule has 0 radical (unpaired) electrons. The van der Waals surface area contributed by atoms with Crippen molar-refractivity contribution < 1.29 is 5.11 Å². The Labute approximate surface area is 97.9 Å². The molecule has 1 aromatic rings. The van der Waals surface area contributed by atoms with E-state index in [0.29, 0.717) is 11.3 Å². The van der Waals surface area contributed by atoms with E-state index in [9.17, 15) is 5.11 Å². The maximum Gasteiger partial charge on any atom is 0.144 e. The zero-order valence-electron chi connectivity index (χ0n) is 8.41. The summed E-state index contributed by atoms with van der Waals surface area (Å²) < 4.78 is 0.783. The zero-order chi connectivity index (χ0) is 11.4. The second kappa shape index (κ2) is 5.19. The molecular formula is C11H15BrN2O. The molecule has 0 aliphatic rings. The van der Waals surface area contributed by atoms with Gasteiger partial charge in [0, 0.05) is 16.1 Å². The second-order valence-electron chi connectivity index (χ2n) is 3.37.